The van der Waals surface area contributed by atoms with E-state index in [0.717, 1.165) is 6.42 Å². The van der Waals surface area contributed by atoms with Gasteiger partial charge in [0.05, 0.1) is 6.10 Å². The maximum absolute atomic E-state index is 10.1. The Bertz CT molecular complexity index is 580. The second-order valence-corrected chi connectivity index (χ2v) is 7.12. The highest BCUT2D eigenvalue weighted by atomic mass is 16.3. The van der Waals surface area contributed by atoms with Crippen molar-refractivity contribution in [3.63, 3.8) is 0 Å². The molecule has 2 aromatic rings. The molecule has 0 spiro atoms. The van der Waals surface area contributed by atoms with E-state index < -0.39 is 0 Å². The van der Waals surface area contributed by atoms with Crippen molar-refractivity contribution >= 4 is 10.8 Å². The molecule has 21 heavy (non-hydrogen) atoms. The maximum atomic E-state index is 10.1. The summed E-state index contributed by atoms with van der Waals surface area (Å²) in [5.74, 6) is 0. The van der Waals surface area contributed by atoms with Crippen LogP contribution in [0.5, 0.6) is 0 Å². The van der Waals surface area contributed by atoms with Crippen molar-refractivity contribution in [2.24, 2.45) is 5.41 Å². The molecule has 0 saturated heterocycles. The zero-order valence-electron chi connectivity index (χ0n) is 13.6. The van der Waals surface area contributed by atoms with Crippen LogP contribution < -0.4 is 5.32 Å². The Balaban J connectivity index is 2.04. The molecular formula is C19H27NO. The van der Waals surface area contributed by atoms with Gasteiger partial charge in [0, 0.05) is 12.6 Å². The molecule has 2 aromatic carbocycles. The summed E-state index contributed by atoms with van der Waals surface area (Å²) in [7, 11) is 0. The van der Waals surface area contributed by atoms with Gasteiger partial charge in [0.1, 0.15) is 0 Å². The first-order chi connectivity index (χ1) is 9.87. The topological polar surface area (TPSA) is 32.3 Å². The SMILES string of the molecule is CC(NCC(O)CC(C)(C)C)c1cccc2ccccc12. The van der Waals surface area contributed by atoms with E-state index in [9.17, 15) is 5.11 Å². The second kappa shape index (κ2) is 6.59. The Morgan fingerprint density at radius 1 is 1.05 bits per heavy atom. The minimum atomic E-state index is -0.303. The van der Waals surface area contributed by atoms with Crippen molar-refractivity contribution in [1.82, 2.24) is 5.32 Å². The first-order valence-electron chi connectivity index (χ1n) is 7.76. The van der Waals surface area contributed by atoms with Crippen LogP contribution in [0.2, 0.25) is 0 Å². The first-order valence-corrected chi connectivity index (χ1v) is 7.76. The molecule has 0 amide bonds. The number of aliphatic hydroxyl groups is 1. The van der Waals surface area contributed by atoms with Gasteiger partial charge in [0.2, 0.25) is 0 Å². The molecule has 2 heteroatoms. The van der Waals surface area contributed by atoms with Crippen molar-refractivity contribution in [1.29, 1.82) is 0 Å². The standard InChI is InChI=1S/C19H27NO/c1-14(20-13-16(21)12-19(2,3)4)17-11-7-9-15-8-5-6-10-18(15)17/h5-11,14,16,20-21H,12-13H2,1-4H3. The third-order valence-corrected chi connectivity index (χ3v) is 3.80. The van der Waals surface area contributed by atoms with Gasteiger partial charge in [-0.05, 0) is 35.1 Å². The lowest BCUT2D eigenvalue weighted by atomic mass is 9.89. The van der Waals surface area contributed by atoms with Crippen LogP contribution in [0.25, 0.3) is 10.8 Å². The van der Waals surface area contributed by atoms with Gasteiger partial charge in [0.15, 0.2) is 0 Å². The van der Waals surface area contributed by atoms with Crippen LogP contribution in [-0.2, 0) is 0 Å². The highest BCUT2D eigenvalue weighted by Gasteiger charge is 2.17. The number of hydrogen-bond acceptors (Lipinski definition) is 2. The van der Waals surface area contributed by atoms with Crippen LogP contribution in [0.15, 0.2) is 42.5 Å². The highest BCUT2D eigenvalue weighted by molar-refractivity contribution is 5.86. The van der Waals surface area contributed by atoms with E-state index in [2.05, 4.69) is 75.5 Å². The number of benzene rings is 2. The second-order valence-electron chi connectivity index (χ2n) is 7.12. The zero-order valence-corrected chi connectivity index (χ0v) is 13.6. The Kier molecular flexibility index (Phi) is 5.02. The molecule has 2 N–H and O–H groups in total. The Morgan fingerprint density at radius 2 is 1.71 bits per heavy atom. The van der Waals surface area contributed by atoms with Gasteiger partial charge in [-0.15, -0.1) is 0 Å². The predicted molar refractivity (Wildman–Crippen MR) is 90.4 cm³/mol. The fourth-order valence-corrected chi connectivity index (χ4v) is 2.83. The van der Waals surface area contributed by atoms with E-state index in [0.29, 0.717) is 6.54 Å². The van der Waals surface area contributed by atoms with Crippen molar-refractivity contribution in [2.75, 3.05) is 6.54 Å². The normalized spacial score (nSPS) is 15.1. The van der Waals surface area contributed by atoms with Gasteiger partial charge in [-0.25, -0.2) is 0 Å². The molecule has 0 aliphatic carbocycles. The van der Waals surface area contributed by atoms with Gasteiger partial charge in [-0.3, -0.25) is 0 Å². The van der Waals surface area contributed by atoms with Gasteiger partial charge < -0.3 is 10.4 Å². The molecule has 0 bridgehead atoms. The molecule has 0 aliphatic heterocycles. The van der Waals surface area contributed by atoms with Crippen LogP contribution >= 0.6 is 0 Å². The molecule has 114 valence electrons. The summed E-state index contributed by atoms with van der Waals surface area (Å²) in [5.41, 5.74) is 1.44. The van der Waals surface area contributed by atoms with E-state index in [1.807, 2.05) is 0 Å². The highest BCUT2D eigenvalue weighted by Crippen LogP contribution is 2.25. The summed E-state index contributed by atoms with van der Waals surface area (Å²) in [6, 6.07) is 15.1. The summed E-state index contributed by atoms with van der Waals surface area (Å²) in [6.07, 6.45) is 0.504. The van der Waals surface area contributed by atoms with Crippen LogP contribution in [-0.4, -0.2) is 17.8 Å². The average molecular weight is 285 g/mol. The van der Waals surface area contributed by atoms with Crippen LogP contribution in [0, 0.1) is 5.41 Å². The molecule has 0 saturated carbocycles. The van der Waals surface area contributed by atoms with Crippen molar-refractivity contribution < 1.29 is 5.11 Å². The third-order valence-electron chi connectivity index (χ3n) is 3.80. The molecule has 2 atom stereocenters. The quantitative estimate of drug-likeness (QED) is 0.859. The van der Waals surface area contributed by atoms with Gasteiger partial charge in [0.25, 0.3) is 0 Å². The molecule has 2 rings (SSSR count). The minimum Gasteiger partial charge on any atom is -0.392 e. The van der Waals surface area contributed by atoms with E-state index in [-0.39, 0.29) is 17.6 Å². The molecule has 2 nitrogen and oxygen atoms in total. The number of aliphatic hydroxyl groups excluding tert-OH is 1. The number of rotatable bonds is 5. The average Bonchev–Trinajstić information content (AvgIpc) is 2.42. The third kappa shape index (κ3) is 4.55. The van der Waals surface area contributed by atoms with E-state index in [4.69, 9.17) is 0 Å². The van der Waals surface area contributed by atoms with E-state index >= 15 is 0 Å². The Labute approximate surface area is 128 Å². The molecule has 0 heterocycles. The summed E-state index contributed by atoms with van der Waals surface area (Å²) < 4.78 is 0. The number of fused-ring (bicyclic) bond motifs is 1. The molecule has 0 fully saturated rings. The zero-order chi connectivity index (χ0) is 15.5. The molecule has 0 aromatic heterocycles. The molecule has 0 aliphatic rings. The number of hydrogen-bond donors (Lipinski definition) is 2. The van der Waals surface area contributed by atoms with Crippen LogP contribution in [0.4, 0.5) is 0 Å². The Hall–Kier alpha value is -1.38. The summed E-state index contributed by atoms with van der Waals surface area (Å²) in [6.45, 7) is 9.26. The van der Waals surface area contributed by atoms with E-state index in [1.165, 1.54) is 16.3 Å². The Morgan fingerprint density at radius 3 is 2.43 bits per heavy atom. The maximum Gasteiger partial charge on any atom is 0.0669 e. The van der Waals surface area contributed by atoms with Crippen molar-refractivity contribution in [2.45, 2.75) is 46.3 Å². The summed E-state index contributed by atoms with van der Waals surface area (Å²) in [5, 5.41) is 16.1. The summed E-state index contributed by atoms with van der Waals surface area (Å²) >= 11 is 0. The lowest BCUT2D eigenvalue weighted by Crippen LogP contribution is -2.31. The van der Waals surface area contributed by atoms with Crippen molar-refractivity contribution in [3.05, 3.63) is 48.0 Å². The first kappa shape index (κ1) is 16.0. The molecular weight excluding hydrogens is 258 g/mol. The monoisotopic (exact) mass is 285 g/mol. The molecule has 0 radical (unpaired) electrons. The number of nitrogens with one attached hydrogen (secondary N) is 1. The van der Waals surface area contributed by atoms with Crippen LogP contribution in [0.3, 0.4) is 0 Å². The fourth-order valence-electron chi connectivity index (χ4n) is 2.83. The largest absolute Gasteiger partial charge is 0.392 e. The lowest BCUT2D eigenvalue weighted by molar-refractivity contribution is 0.117. The summed E-state index contributed by atoms with van der Waals surface area (Å²) in [4.78, 5) is 0. The van der Waals surface area contributed by atoms with Crippen molar-refractivity contribution in [3.8, 4) is 0 Å². The lowest BCUT2D eigenvalue weighted by Gasteiger charge is -2.24. The minimum absolute atomic E-state index is 0.157. The van der Waals surface area contributed by atoms with Gasteiger partial charge >= 0.3 is 0 Å². The van der Waals surface area contributed by atoms with E-state index in [1.54, 1.807) is 0 Å². The smallest absolute Gasteiger partial charge is 0.0669 e. The van der Waals surface area contributed by atoms with Gasteiger partial charge in [-0.2, -0.15) is 0 Å². The fraction of sp³-hybridized carbons (Fsp3) is 0.474. The predicted octanol–water partition coefficient (Wildman–Crippen LogP) is 4.29. The van der Waals surface area contributed by atoms with Crippen LogP contribution in [0.1, 0.15) is 45.7 Å². The van der Waals surface area contributed by atoms with Gasteiger partial charge in [-0.1, -0.05) is 63.2 Å². The molecule has 2 unspecified atom stereocenters.